The lowest BCUT2D eigenvalue weighted by Crippen LogP contribution is -3.09. The molecule has 134 valence electrons. The molecule has 0 aliphatic heterocycles. The molecule has 6 nitrogen and oxygen atoms in total. The normalized spacial score (nSPS) is 12.2. The zero-order valence-corrected chi connectivity index (χ0v) is 15.8. The molecule has 0 saturated carbocycles. The Morgan fingerprint density at radius 3 is 2.68 bits per heavy atom. The highest BCUT2D eigenvalue weighted by atomic mass is 32.1. The van der Waals surface area contributed by atoms with Gasteiger partial charge in [-0.2, -0.15) is 4.68 Å². The van der Waals surface area contributed by atoms with Gasteiger partial charge in [-0.1, -0.05) is 36.4 Å². The Morgan fingerprint density at radius 1 is 1.40 bits per heavy atom. The average molecular weight is 361 g/mol. The number of aromatic nitrogens is 3. The predicted octanol–water partition coefficient (Wildman–Crippen LogP) is 1.26. The lowest BCUT2D eigenvalue weighted by atomic mass is 10.2. The Balaban J connectivity index is 2.23. The van der Waals surface area contributed by atoms with E-state index in [1.807, 2.05) is 55.8 Å². The summed E-state index contributed by atoms with van der Waals surface area (Å²) >= 11 is 5.58. The molecule has 1 unspecified atom stereocenters. The molecule has 2 rings (SSSR count). The van der Waals surface area contributed by atoms with Crippen molar-refractivity contribution >= 4 is 18.1 Å². The summed E-state index contributed by atoms with van der Waals surface area (Å²) in [5.41, 5.74) is 1.00. The van der Waals surface area contributed by atoms with Crippen molar-refractivity contribution in [2.24, 2.45) is 0 Å². The van der Waals surface area contributed by atoms with Crippen molar-refractivity contribution < 1.29 is 9.69 Å². The van der Waals surface area contributed by atoms with Crippen LogP contribution < -0.4 is 10.2 Å². The number of amides is 1. The van der Waals surface area contributed by atoms with E-state index in [1.165, 1.54) is 0 Å². The van der Waals surface area contributed by atoms with Gasteiger partial charge >= 0.3 is 0 Å². The van der Waals surface area contributed by atoms with Gasteiger partial charge in [0.05, 0.1) is 7.05 Å². The molecule has 2 N–H and O–H groups in total. The Labute approximate surface area is 153 Å². The molecule has 0 bridgehead atoms. The number of benzene rings is 1. The summed E-state index contributed by atoms with van der Waals surface area (Å²) in [5, 5.41) is 7.58. The van der Waals surface area contributed by atoms with Crippen LogP contribution in [0.5, 0.6) is 0 Å². The summed E-state index contributed by atoms with van der Waals surface area (Å²) < 4.78 is 4.36. The molecular formula is C18H26N5OS+. The minimum Gasteiger partial charge on any atom is -0.349 e. The number of likely N-dealkylation sites (N-methyl/N-ethyl adjacent to an activating group) is 1. The van der Waals surface area contributed by atoms with Crippen LogP contribution in [-0.2, 0) is 18.0 Å². The monoisotopic (exact) mass is 360 g/mol. The van der Waals surface area contributed by atoms with E-state index >= 15 is 0 Å². The fourth-order valence-electron chi connectivity index (χ4n) is 2.60. The molecule has 25 heavy (non-hydrogen) atoms. The van der Waals surface area contributed by atoms with Gasteiger partial charge in [0.25, 0.3) is 5.91 Å². The van der Waals surface area contributed by atoms with Crippen LogP contribution in [-0.4, -0.2) is 39.9 Å². The highest BCUT2D eigenvalue weighted by Gasteiger charge is 2.16. The number of carbonyl (C=O) groups excluding carboxylic acids is 1. The number of allylic oxidation sites excluding steroid dienone is 1. The largest absolute Gasteiger partial charge is 0.349 e. The summed E-state index contributed by atoms with van der Waals surface area (Å²) in [6.45, 7) is 9.19. The van der Waals surface area contributed by atoms with E-state index in [-0.39, 0.29) is 11.9 Å². The average Bonchev–Trinajstić information content (AvgIpc) is 2.84. The van der Waals surface area contributed by atoms with Crippen molar-refractivity contribution in [2.75, 3.05) is 13.6 Å². The minimum absolute atomic E-state index is 0.0211. The lowest BCUT2D eigenvalue weighted by molar-refractivity contribution is -0.895. The van der Waals surface area contributed by atoms with Gasteiger partial charge in [-0.05, 0) is 26.1 Å². The van der Waals surface area contributed by atoms with Gasteiger partial charge in [0, 0.05) is 18.2 Å². The Bertz CT molecular complexity index is 779. The van der Waals surface area contributed by atoms with Crippen LogP contribution in [0.3, 0.4) is 0 Å². The molecule has 1 aromatic carbocycles. The summed E-state index contributed by atoms with van der Waals surface area (Å²) in [6.07, 6.45) is 1.81. The van der Waals surface area contributed by atoms with Crippen LogP contribution in [0.4, 0.5) is 0 Å². The maximum atomic E-state index is 11.9. The van der Waals surface area contributed by atoms with E-state index in [1.54, 1.807) is 10.8 Å². The number of nitrogens with zero attached hydrogens (tertiary/aromatic N) is 3. The van der Waals surface area contributed by atoms with Crippen LogP contribution in [0.1, 0.15) is 13.8 Å². The lowest BCUT2D eigenvalue weighted by Gasteiger charge is -2.14. The second-order valence-corrected chi connectivity index (χ2v) is 6.75. The number of nitrogens with one attached hydrogen (secondary N) is 2. The first-order valence-electron chi connectivity index (χ1n) is 8.37. The fraction of sp³-hybridized carbons (Fsp3) is 0.389. The zero-order chi connectivity index (χ0) is 18.4. The summed E-state index contributed by atoms with van der Waals surface area (Å²) in [6, 6.07) is 10.1. The number of carbonyl (C=O) groups is 1. The van der Waals surface area contributed by atoms with Crippen molar-refractivity contribution in [1.29, 1.82) is 0 Å². The first-order chi connectivity index (χ1) is 11.9. The molecule has 0 radical (unpaired) electrons. The Kier molecular flexibility index (Phi) is 6.66. The van der Waals surface area contributed by atoms with Gasteiger partial charge in [-0.3, -0.25) is 9.36 Å². The van der Waals surface area contributed by atoms with Crippen LogP contribution in [0.25, 0.3) is 11.4 Å². The summed E-state index contributed by atoms with van der Waals surface area (Å²) in [7, 11) is 1.95. The quantitative estimate of drug-likeness (QED) is 0.551. The van der Waals surface area contributed by atoms with Crippen molar-refractivity contribution in [3.63, 3.8) is 0 Å². The second kappa shape index (κ2) is 8.73. The molecule has 1 heterocycles. The third-order valence-electron chi connectivity index (χ3n) is 3.60. The predicted molar refractivity (Wildman–Crippen MR) is 102 cm³/mol. The van der Waals surface area contributed by atoms with Gasteiger partial charge < -0.3 is 10.2 Å². The molecule has 2 aromatic rings. The van der Waals surface area contributed by atoms with Gasteiger partial charge in [0.15, 0.2) is 19.0 Å². The van der Waals surface area contributed by atoms with E-state index in [0.29, 0.717) is 24.5 Å². The molecule has 0 saturated heterocycles. The second-order valence-electron chi connectivity index (χ2n) is 6.39. The number of rotatable bonds is 8. The zero-order valence-electron chi connectivity index (χ0n) is 15.0. The first-order valence-corrected chi connectivity index (χ1v) is 8.77. The Hall–Kier alpha value is -2.25. The highest BCUT2D eigenvalue weighted by Crippen LogP contribution is 2.17. The van der Waals surface area contributed by atoms with E-state index in [4.69, 9.17) is 12.2 Å². The van der Waals surface area contributed by atoms with Crippen molar-refractivity contribution in [3.8, 4) is 11.4 Å². The van der Waals surface area contributed by atoms with Gasteiger partial charge in [-0.25, -0.2) is 0 Å². The molecular weight excluding hydrogens is 334 g/mol. The third-order valence-corrected chi connectivity index (χ3v) is 4.03. The Morgan fingerprint density at radius 2 is 2.08 bits per heavy atom. The topological polar surface area (TPSA) is 56.3 Å². The first kappa shape index (κ1) is 19.1. The highest BCUT2D eigenvalue weighted by molar-refractivity contribution is 7.71. The maximum absolute atomic E-state index is 11.9. The number of hydrogen-bond acceptors (Lipinski definition) is 3. The molecule has 0 aliphatic rings. The summed E-state index contributed by atoms with van der Waals surface area (Å²) in [4.78, 5) is 12.9. The standard InChI is InChI=1S/C18H25N5OS/c1-5-11-22-17(15-9-7-6-8-10-15)20-23(18(22)25)13-21(4)12-16(24)19-14(2)3/h5-10,14H,1,11-13H2,2-4H3,(H,19,24)/p+1. The molecule has 0 spiro atoms. The molecule has 1 amide bonds. The van der Waals surface area contributed by atoms with Crippen molar-refractivity contribution in [1.82, 2.24) is 19.7 Å². The number of hydrogen-bond donors (Lipinski definition) is 2. The van der Waals surface area contributed by atoms with Gasteiger partial charge in [0.2, 0.25) is 4.77 Å². The molecule has 0 aliphatic carbocycles. The van der Waals surface area contributed by atoms with E-state index in [2.05, 4.69) is 17.0 Å². The summed E-state index contributed by atoms with van der Waals surface area (Å²) in [5.74, 6) is 0.831. The smallest absolute Gasteiger partial charge is 0.275 e. The van der Waals surface area contributed by atoms with E-state index in [9.17, 15) is 4.79 Å². The molecule has 1 aromatic heterocycles. The van der Waals surface area contributed by atoms with Crippen LogP contribution >= 0.6 is 12.2 Å². The molecule has 0 fully saturated rings. The van der Waals surface area contributed by atoms with Crippen molar-refractivity contribution in [2.45, 2.75) is 33.1 Å². The molecule has 7 heteroatoms. The van der Waals surface area contributed by atoms with E-state index in [0.717, 1.165) is 16.3 Å². The van der Waals surface area contributed by atoms with Crippen LogP contribution in [0.15, 0.2) is 43.0 Å². The van der Waals surface area contributed by atoms with Gasteiger partial charge in [-0.15, -0.1) is 11.7 Å². The minimum atomic E-state index is 0.0211. The van der Waals surface area contributed by atoms with Crippen molar-refractivity contribution in [3.05, 3.63) is 47.8 Å². The van der Waals surface area contributed by atoms with Crippen LogP contribution in [0, 0.1) is 4.77 Å². The number of quaternary nitrogens is 1. The van der Waals surface area contributed by atoms with E-state index < -0.39 is 0 Å². The van der Waals surface area contributed by atoms with Crippen LogP contribution in [0.2, 0.25) is 0 Å². The van der Waals surface area contributed by atoms with Gasteiger partial charge in [0.1, 0.15) is 0 Å². The molecule has 1 atom stereocenters. The maximum Gasteiger partial charge on any atom is 0.275 e. The SMILES string of the molecule is C=CCn1c(-c2ccccc2)nn(C[NH+](C)CC(=O)NC(C)C)c1=S. The fourth-order valence-corrected chi connectivity index (χ4v) is 2.86. The third kappa shape index (κ3) is 5.11.